The van der Waals surface area contributed by atoms with Crippen LogP contribution in [0.3, 0.4) is 0 Å². The number of pyridine rings is 1. The Balaban J connectivity index is 1.78. The van der Waals surface area contributed by atoms with E-state index in [1.807, 2.05) is 29.9 Å². The molecule has 116 valence electrons. The summed E-state index contributed by atoms with van der Waals surface area (Å²) in [7, 11) is 1.89. The SMILES string of the molecule is Cn1cccc1/C=C1\SC(=S)N(NC(=O)c2ccncc2)C1=O. The molecule has 0 aliphatic carbocycles. The molecule has 0 saturated carbocycles. The number of aromatic nitrogens is 2. The van der Waals surface area contributed by atoms with Gasteiger partial charge < -0.3 is 4.57 Å². The third-order valence-corrected chi connectivity index (χ3v) is 4.51. The predicted octanol–water partition coefficient (Wildman–Crippen LogP) is 1.97. The molecular formula is C15H12N4O2S2. The van der Waals surface area contributed by atoms with E-state index in [-0.39, 0.29) is 10.2 Å². The summed E-state index contributed by atoms with van der Waals surface area (Å²) in [6.45, 7) is 0. The number of nitrogens with zero attached hydrogens (tertiary/aromatic N) is 3. The average molecular weight is 344 g/mol. The van der Waals surface area contributed by atoms with Crippen LogP contribution in [0.2, 0.25) is 0 Å². The van der Waals surface area contributed by atoms with Crippen molar-refractivity contribution in [1.29, 1.82) is 0 Å². The normalized spacial score (nSPS) is 16.2. The summed E-state index contributed by atoms with van der Waals surface area (Å²) in [4.78, 5) is 28.9. The first-order valence-electron chi connectivity index (χ1n) is 6.66. The number of carbonyl (C=O) groups excluding carboxylic acids is 2. The van der Waals surface area contributed by atoms with E-state index >= 15 is 0 Å². The summed E-state index contributed by atoms with van der Waals surface area (Å²) in [5.41, 5.74) is 3.81. The zero-order valence-corrected chi connectivity index (χ0v) is 13.7. The van der Waals surface area contributed by atoms with E-state index in [4.69, 9.17) is 12.2 Å². The Morgan fingerprint density at radius 1 is 1.35 bits per heavy atom. The number of rotatable bonds is 3. The number of nitrogens with one attached hydrogen (secondary N) is 1. The summed E-state index contributed by atoms with van der Waals surface area (Å²) in [6, 6.07) is 6.90. The molecule has 0 radical (unpaired) electrons. The molecule has 2 aromatic rings. The highest BCUT2D eigenvalue weighted by Crippen LogP contribution is 2.31. The Kier molecular flexibility index (Phi) is 4.26. The van der Waals surface area contributed by atoms with Crippen molar-refractivity contribution in [1.82, 2.24) is 20.0 Å². The molecule has 6 nitrogen and oxygen atoms in total. The minimum absolute atomic E-state index is 0.290. The predicted molar refractivity (Wildman–Crippen MR) is 92.1 cm³/mol. The van der Waals surface area contributed by atoms with Crippen LogP contribution in [0.25, 0.3) is 6.08 Å². The van der Waals surface area contributed by atoms with Crippen LogP contribution in [0.1, 0.15) is 16.1 Å². The van der Waals surface area contributed by atoms with Gasteiger partial charge in [0.1, 0.15) is 0 Å². The topological polar surface area (TPSA) is 67.2 Å². The quantitative estimate of drug-likeness (QED) is 0.681. The third kappa shape index (κ3) is 3.17. The van der Waals surface area contributed by atoms with Gasteiger partial charge in [0.05, 0.1) is 4.91 Å². The summed E-state index contributed by atoms with van der Waals surface area (Å²) in [6.07, 6.45) is 6.65. The first kappa shape index (κ1) is 15.4. The second-order valence-corrected chi connectivity index (χ2v) is 6.41. The molecule has 1 aliphatic heterocycles. The smallest absolute Gasteiger partial charge is 0.285 e. The maximum Gasteiger partial charge on any atom is 0.285 e. The van der Waals surface area contributed by atoms with E-state index in [1.54, 1.807) is 18.2 Å². The van der Waals surface area contributed by atoms with Crippen molar-refractivity contribution in [2.24, 2.45) is 7.05 Å². The van der Waals surface area contributed by atoms with Crippen LogP contribution in [0.4, 0.5) is 0 Å². The van der Waals surface area contributed by atoms with Crippen LogP contribution >= 0.6 is 24.0 Å². The lowest BCUT2D eigenvalue weighted by Gasteiger charge is -2.15. The molecule has 0 spiro atoms. The highest BCUT2D eigenvalue weighted by atomic mass is 32.2. The van der Waals surface area contributed by atoms with E-state index in [0.717, 1.165) is 22.5 Å². The van der Waals surface area contributed by atoms with Crippen molar-refractivity contribution >= 4 is 46.2 Å². The number of hydrazine groups is 1. The molecule has 3 rings (SSSR count). The van der Waals surface area contributed by atoms with Crippen molar-refractivity contribution < 1.29 is 9.59 Å². The van der Waals surface area contributed by atoms with Crippen molar-refractivity contribution in [3.05, 3.63) is 59.0 Å². The van der Waals surface area contributed by atoms with Crippen molar-refractivity contribution in [2.45, 2.75) is 0 Å². The fourth-order valence-corrected chi connectivity index (χ4v) is 3.16. The third-order valence-electron chi connectivity index (χ3n) is 3.21. The molecule has 3 heterocycles. The van der Waals surface area contributed by atoms with E-state index < -0.39 is 5.91 Å². The zero-order chi connectivity index (χ0) is 16.4. The molecule has 2 amide bonds. The van der Waals surface area contributed by atoms with Gasteiger partial charge in [0.2, 0.25) is 0 Å². The van der Waals surface area contributed by atoms with Gasteiger partial charge in [0.25, 0.3) is 11.8 Å². The van der Waals surface area contributed by atoms with Crippen molar-refractivity contribution in [2.75, 3.05) is 0 Å². The summed E-state index contributed by atoms with van der Waals surface area (Å²) in [5.74, 6) is -0.757. The van der Waals surface area contributed by atoms with Crippen LogP contribution in [-0.2, 0) is 11.8 Å². The maximum atomic E-state index is 12.4. The zero-order valence-electron chi connectivity index (χ0n) is 12.1. The molecule has 1 fully saturated rings. The van der Waals surface area contributed by atoms with Gasteiger partial charge in [-0.05, 0) is 42.6 Å². The van der Waals surface area contributed by atoms with Gasteiger partial charge in [-0.3, -0.25) is 20.0 Å². The van der Waals surface area contributed by atoms with E-state index in [0.29, 0.717) is 10.5 Å². The highest BCUT2D eigenvalue weighted by Gasteiger charge is 2.33. The Labute approximate surface area is 142 Å². The Morgan fingerprint density at radius 3 is 2.74 bits per heavy atom. The molecule has 0 bridgehead atoms. The van der Waals surface area contributed by atoms with E-state index in [1.165, 1.54) is 12.4 Å². The lowest BCUT2D eigenvalue weighted by atomic mass is 10.2. The first-order valence-corrected chi connectivity index (χ1v) is 7.89. The molecular weight excluding hydrogens is 332 g/mol. The number of thioether (sulfide) groups is 1. The summed E-state index contributed by atoms with van der Waals surface area (Å²) < 4.78 is 2.18. The number of amides is 2. The Bertz CT molecular complexity index is 814. The number of aryl methyl sites for hydroxylation is 1. The van der Waals surface area contributed by atoms with Crippen LogP contribution < -0.4 is 5.43 Å². The van der Waals surface area contributed by atoms with Gasteiger partial charge >= 0.3 is 0 Å². The molecule has 1 aliphatic rings. The lowest BCUT2D eigenvalue weighted by molar-refractivity contribution is -0.123. The molecule has 8 heteroatoms. The molecule has 0 aromatic carbocycles. The van der Waals surface area contributed by atoms with Gasteiger partial charge in [0, 0.05) is 36.9 Å². The number of hydrogen-bond donors (Lipinski definition) is 1. The van der Waals surface area contributed by atoms with E-state index in [9.17, 15) is 9.59 Å². The summed E-state index contributed by atoms with van der Waals surface area (Å²) in [5, 5.41) is 1.09. The monoisotopic (exact) mass is 344 g/mol. The van der Waals surface area contributed by atoms with Gasteiger partial charge in [-0.15, -0.1) is 0 Å². The standard InChI is InChI=1S/C15H12N4O2S2/c1-18-8-2-3-11(18)9-12-14(21)19(15(22)23-12)17-13(20)10-4-6-16-7-5-10/h2-9H,1H3,(H,17,20)/b12-9-. The number of carbonyl (C=O) groups is 2. The molecule has 1 N–H and O–H groups in total. The molecule has 0 atom stereocenters. The van der Waals surface area contributed by atoms with Crippen LogP contribution in [0.5, 0.6) is 0 Å². The minimum Gasteiger partial charge on any atom is -0.351 e. The Hall–Kier alpha value is -2.45. The maximum absolute atomic E-state index is 12.4. The van der Waals surface area contributed by atoms with Gasteiger partial charge in [-0.25, -0.2) is 0 Å². The Morgan fingerprint density at radius 2 is 2.09 bits per heavy atom. The van der Waals surface area contributed by atoms with Crippen LogP contribution in [-0.4, -0.2) is 30.7 Å². The highest BCUT2D eigenvalue weighted by molar-refractivity contribution is 8.26. The fraction of sp³-hybridized carbons (Fsp3) is 0.0667. The molecule has 2 aromatic heterocycles. The number of hydrogen-bond acceptors (Lipinski definition) is 5. The molecule has 1 saturated heterocycles. The average Bonchev–Trinajstić information content (AvgIpc) is 3.07. The van der Waals surface area contributed by atoms with Crippen molar-refractivity contribution in [3.63, 3.8) is 0 Å². The van der Waals surface area contributed by atoms with Crippen LogP contribution in [0.15, 0.2) is 47.8 Å². The minimum atomic E-state index is -0.413. The first-order chi connectivity index (χ1) is 11.1. The summed E-state index contributed by atoms with van der Waals surface area (Å²) >= 11 is 6.34. The second kappa shape index (κ2) is 6.35. The lowest BCUT2D eigenvalue weighted by Crippen LogP contribution is -2.44. The van der Waals surface area contributed by atoms with Gasteiger partial charge in [-0.1, -0.05) is 11.8 Å². The molecule has 23 heavy (non-hydrogen) atoms. The van der Waals surface area contributed by atoms with E-state index in [2.05, 4.69) is 10.4 Å². The van der Waals surface area contributed by atoms with Gasteiger partial charge in [-0.2, -0.15) is 5.01 Å². The second-order valence-electron chi connectivity index (χ2n) is 4.74. The largest absolute Gasteiger partial charge is 0.351 e. The fourth-order valence-electron chi connectivity index (χ4n) is 1.99. The van der Waals surface area contributed by atoms with Gasteiger partial charge in [0.15, 0.2) is 4.32 Å². The molecule has 0 unspecified atom stereocenters. The number of thiocarbonyl (C=S) groups is 1. The van der Waals surface area contributed by atoms with Crippen LogP contribution in [0, 0.1) is 0 Å². The van der Waals surface area contributed by atoms with Crippen molar-refractivity contribution in [3.8, 4) is 0 Å².